The van der Waals surface area contributed by atoms with Gasteiger partial charge in [0.2, 0.25) is 0 Å². The molecular formula is C12H17BrN2O2S. The summed E-state index contributed by atoms with van der Waals surface area (Å²) in [5.41, 5.74) is 0. The van der Waals surface area contributed by atoms with Crippen LogP contribution >= 0.6 is 27.3 Å². The number of nitrogens with zero attached hydrogens (tertiary/aromatic N) is 1. The molecule has 2 heterocycles. The van der Waals surface area contributed by atoms with Crippen molar-refractivity contribution in [2.24, 2.45) is 0 Å². The van der Waals surface area contributed by atoms with Crippen molar-refractivity contribution in [2.45, 2.75) is 12.5 Å². The van der Waals surface area contributed by atoms with Gasteiger partial charge in [-0.05, 0) is 41.0 Å². The van der Waals surface area contributed by atoms with Crippen LogP contribution in [0.3, 0.4) is 0 Å². The number of thiophene rings is 1. The van der Waals surface area contributed by atoms with Crippen molar-refractivity contribution >= 4 is 33.2 Å². The summed E-state index contributed by atoms with van der Waals surface area (Å²) in [5.74, 6) is -0.175. The predicted molar refractivity (Wildman–Crippen MR) is 75.8 cm³/mol. The molecule has 100 valence electrons. The van der Waals surface area contributed by atoms with Crippen LogP contribution in [0.4, 0.5) is 0 Å². The maximum Gasteiger partial charge on any atom is 0.328 e. The molecule has 1 aromatic rings. The Morgan fingerprint density at radius 1 is 1.50 bits per heavy atom. The predicted octanol–water partition coefficient (Wildman–Crippen LogP) is 2.02. The van der Waals surface area contributed by atoms with Crippen molar-refractivity contribution in [1.29, 1.82) is 0 Å². The summed E-state index contributed by atoms with van der Waals surface area (Å²) < 4.78 is 6.00. The van der Waals surface area contributed by atoms with Gasteiger partial charge in [-0.3, -0.25) is 4.90 Å². The summed E-state index contributed by atoms with van der Waals surface area (Å²) in [4.78, 5) is 15.3. The third-order valence-corrected chi connectivity index (χ3v) is 4.70. The van der Waals surface area contributed by atoms with Gasteiger partial charge in [-0.25, -0.2) is 4.79 Å². The molecule has 1 unspecified atom stereocenters. The SMILES string of the molecule is COC(=O)C(c1ccc(Br)s1)N1CCCNCC1. The molecule has 4 nitrogen and oxygen atoms in total. The fourth-order valence-corrected chi connectivity index (χ4v) is 3.70. The van der Waals surface area contributed by atoms with Crippen molar-refractivity contribution in [3.8, 4) is 0 Å². The van der Waals surface area contributed by atoms with Crippen molar-refractivity contribution in [1.82, 2.24) is 10.2 Å². The highest BCUT2D eigenvalue weighted by Gasteiger charge is 2.30. The van der Waals surface area contributed by atoms with Gasteiger partial charge in [0, 0.05) is 24.5 Å². The zero-order valence-electron chi connectivity index (χ0n) is 10.3. The van der Waals surface area contributed by atoms with Gasteiger partial charge in [-0.1, -0.05) is 0 Å². The summed E-state index contributed by atoms with van der Waals surface area (Å²) >= 11 is 5.04. The monoisotopic (exact) mass is 332 g/mol. The van der Waals surface area contributed by atoms with Gasteiger partial charge in [0.1, 0.15) is 6.04 Å². The molecule has 1 saturated heterocycles. The summed E-state index contributed by atoms with van der Waals surface area (Å²) in [6.07, 6.45) is 1.06. The van der Waals surface area contributed by atoms with E-state index >= 15 is 0 Å². The van der Waals surface area contributed by atoms with Crippen molar-refractivity contribution < 1.29 is 9.53 Å². The first-order valence-corrected chi connectivity index (χ1v) is 7.61. The summed E-state index contributed by atoms with van der Waals surface area (Å²) in [7, 11) is 1.45. The first-order chi connectivity index (χ1) is 8.72. The van der Waals surface area contributed by atoms with Crippen molar-refractivity contribution in [3.63, 3.8) is 0 Å². The van der Waals surface area contributed by atoms with Crippen LogP contribution < -0.4 is 5.32 Å². The van der Waals surface area contributed by atoms with Crippen LogP contribution in [0.5, 0.6) is 0 Å². The quantitative estimate of drug-likeness (QED) is 0.860. The minimum absolute atomic E-state index is 0.175. The molecule has 1 aliphatic rings. The highest BCUT2D eigenvalue weighted by Crippen LogP contribution is 2.31. The van der Waals surface area contributed by atoms with E-state index in [1.165, 1.54) is 7.11 Å². The van der Waals surface area contributed by atoms with Gasteiger partial charge in [0.05, 0.1) is 10.9 Å². The molecule has 0 amide bonds. The first kappa shape index (κ1) is 14.0. The molecule has 1 N–H and O–H groups in total. The van der Waals surface area contributed by atoms with E-state index in [0.717, 1.165) is 41.3 Å². The van der Waals surface area contributed by atoms with Crippen LogP contribution in [-0.4, -0.2) is 44.2 Å². The van der Waals surface area contributed by atoms with Crippen LogP contribution in [0.1, 0.15) is 17.3 Å². The maximum absolute atomic E-state index is 12.0. The molecule has 0 saturated carbocycles. The summed E-state index contributed by atoms with van der Waals surface area (Å²) in [6.45, 7) is 3.72. The van der Waals surface area contributed by atoms with Gasteiger partial charge < -0.3 is 10.1 Å². The Morgan fingerprint density at radius 2 is 2.33 bits per heavy atom. The second-order valence-electron chi connectivity index (χ2n) is 4.21. The third-order valence-electron chi connectivity index (χ3n) is 3.03. The lowest BCUT2D eigenvalue weighted by atomic mass is 10.2. The van der Waals surface area contributed by atoms with E-state index < -0.39 is 0 Å². The van der Waals surface area contributed by atoms with Crippen LogP contribution in [0.15, 0.2) is 15.9 Å². The number of nitrogens with one attached hydrogen (secondary N) is 1. The molecule has 6 heteroatoms. The molecule has 0 spiro atoms. The highest BCUT2D eigenvalue weighted by molar-refractivity contribution is 9.11. The van der Waals surface area contributed by atoms with E-state index in [-0.39, 0.29) is 12.0 Å². The van der Waals surface area contributed by atoms with Crippen molar-refractivity contribution in [3.05, 3.63) is 20.8 Å². The van der Waals surface area contributed by atoms with E-state index in [2.05, 4.69) is 26.1 Å². The third kappa shape index (κ3) is 3.32. The average molecular weight is 333 g/mol. The van der Waals surface area contributed by atoms with Gasteiger partial charge in [-0.2, -0.15) is 0 Å². The standard InChI is InChI=1S/C12H17BrN2O2S/c1-17-12(16)11(9-3-4-10(13)18-9)15-7-2-5-14-6-8-15/h3-4,11,14H,2,5-8H2,1H3. The molecule has 2 rings (SSSR count). The molecule has 18 heavy (non-hydrogen) atoms. The summed E-state index contributed by atoms with van der Waals surface area (Å²) in [5, 5.41) is 3.35. The maximum atomic E-state index is 12.0. The Kier molecular flexibility index (Phi) is 5.17. The van der Waals surface area contributed by atoms with Crippen LogP contribution in [-0.2, 0) is 9.53 Å². The molecule has 0 radical (unpaired) electrons. The number of esters is 1. The zero-order chi connectivity index (χ0) is 13.0. The van der Waals surface area contributed by atoms with Gasteiger partial charge in [0.15, 0.2) is 0 Å². The first-order valence-electron chi connectivity index (χ1n) is 6.00. The average Bonchev–Trinajstić information content (AvgIpc) is 2.64. The van der Waals surface area contributed by atoms with Gasteiger partial charge in [0.25, 0.3) is 0 Å². The second kappa shape index (κ2) is 6.65. The minimum Gasteiger partial charge on any atom is -0.468 e. The Bertz CT molecular complexity index is 403. The Labute approximate surface area is 119 Å². The van der Waals surface area contributed by atoms with E-state index in [4.69, 9.17) is 4.74 Å². The zero-order valence-corrected chi connectivity index (χ0v) is 12.7. The molecule has 1 aromatic heterocycles. The summed E-state index contributed by atoms with van der Waals surface area (Å²) in [6, 6.07) is 3.70. The van der Waals surface area contributed by atoms with Crippen LogP contribution in [0, 0.1) is 0 Å². The second-order valence-corrected chi connectivity index (χ2v) is 6.70. The number of ether oxygens (including phenoxy) is 1. The highest BCUT2D eigenvalue weighted by atomic mass is 79.9. The molecule has 0 bridgehead atoms. The van der Waals surface area contributed by atoms with Crippen LogP contribution in [0.2, 0.25) is 0 Å². The van der Waals surface area contributed by atoms with E-state index in [1.54, 1.807) is 11.3 Å². The Balaban J connectivity index is 2.21. The van der Waals surface area contributed by atoms with E-state index in [0.29, 0.717) is 0 Å². The smallest absolute Gasteiger partial charge is 0.328 e. The van der Waals surface area contributed by atoms with Gasteiger partial charge in [-0.15, -0.1) is 11.3 Å². The number of hydrogen-bond donors (Lipinski definition) is 1. The normalized spacial score (nSPS) is 19.2. The number of rotatable bonds is 3. The number of carbonyl (C=O) groups excluding carboxylic acids is 1. The number of hydrogen-bond acceptors (Lipinski definition) is 5. The number of methoxy groups -OCH3 is 1. The van der Waals surface area contributed by atoms with E-state index in [1.807, 2.05) is 12.1 Å². The topological polar surface area (TPSA) is 41.6 Å². The Morgan fingerprint density at radius 3 is 3.00 bits per heavy atom. The lowest BCUT2D eigenvalue weighted by Crippen LogP contribution is -2.36. The Hall–Kier alpha value is -0.430. The lowest BCUT2D eigenvalue weighted by Gasteiger charge is -2.27. The van der Waals surface area contributed by atoms with Crippen LogP contribution in [0.25, 0.3) is 0 Å². The largest absolute Gasteiger partial charge is 0.468 e. The molecule has 1 aliphatic heterocycles. The molecular weight excluding hydrogens is 316 g/mol. The van der Waals surface area contributed by atoms with Gasteiger partial charge >= 0.3 is 5.97 Å². The van der Waals surface area contributed by atoms with Crippen molar-refractivity contribution in [2.75, 3.05) is 33.3 Å². The molecule has 0 aromatic carbocycles. The fraction of sp³-hybridized carbons (Fsp3) is 0.583. The van der Waals surface area contributed by atoms with E-state index in [9.17, 15) is 4.79 Å². The minimum atomic E-state index is -0.272. The number of halogens is 1. The molecule has 1 fully saturated rings. The molecule has 0 aliphatic carbocycles. The fourth-order valence-electron chi connectivity index (χ4n) is 2.16. The number of carbonyl (C=O) groups is 1. The lowest BCUT2D eigenvalue weighted by molar-refractivity contribution is -0.147. The molecule has 1 atom stereocenters.